The van der Waals surface area contributed by atoms with Gasteiger partial charge in [-0.1, -0.05) is 0 Å². The van der Waals surface area contributed by atoms with Gasteiger partial charge < -0.3 is 24.8 Å². The number of ether oxygens (including phenoxy) is 3. The largest absolute Gasteiger partial charge is 0.489 e. The van der Waals surface area contributed by atoms with Crippen LogP contribution in [-0.4, -0.2) is 52.0 Å². The monoisotopic (exact) mass is 345 g/mol. The molecule has 25 heavy (non-hydrogen) atoms. The SMILES string of the molecule is CO[C@@H]1CNCCC1CNC(=O)c1cc(C#N)cc2c1OCCCO2. The number of nitrogens with one attached hydrogen (secondary N) is 2. The summed E-state index contributed by atoms with van der Waals surface area (Å²) in [4.78, 5) is 12.7. The zero-order chi connectivity index (χ0) is 17.6. The van der Waals surface area contributed by atoms with Gasteiger partial charge in [-0.15, -0.1) is 0 Å². The molecule has 2 aliphatic rings. The fourth-order valence-electron chi connectivity index (χ4n) is 3.22. The molecule has 1 aromatic carbocycles. The van der Waals surface area contributed by atoms with Crippen molar-refractivity contribution in [2.45, 2.75) is 18.9 Å². The van der Waals surface area contributed by atoms with Crippen molar-refractivity contribution >= 4 is 5.91 Å². The highest BCUT2D eigenvalue weighted by atomic mass is 16.5. The molecule has 0 spiro atoms. The van der Waals surface area contributed by atoms with Crippen molar-refractivity contribution in [3.05, 3.63) is 23.3 Å². The maximum absolute atomic E-state index is 12.7. The van der Waals surface area contributed by atoms with Crippen molar-refractivity contribution in [1.29, 1.82) is 5.26 Å². The number of fused-ring (bicyclic) bond motifs is 1. The Labute approximate surface area is 147 Å². The van der Waals surface area contributed by atoms with Crippen LogP contribution in [0, 0.1) is 17.2 Å². The summed E-state index contributed by atoms with van der Waals surface area (Å²) in [5, 5.41) is 15.5. The number of nitrogens with zero attached hydrogens (tertiary/aromatic N) is 1. The lowest BCUT2D eigenvalue weighted by molar-refractivity contribution is 0.0338. The predicted molar refractivity (Wildman–Crippen MR) is 90.9 cm³/mol. The van der Waals surface area contributed by atoms with E-state index in [-0.39, 0.29) is 17.9 Å². The summed E-state index contributed by atoms with van der Waals surface area (Å²) < 4.78 is 16.8. The number of piperidine rings is 1. The second kappa shape index (κ2) is 8.19. The third kappa shape index (κ3) is 4.03. The fourth-order valence-corrected chi connectivity index (χ4v) is 3.22. The Morgan fingerprint density at radius 1 is 1.44 bits per heavy atom. The van der Waals surface area contributed by atoms with Crippen molar-refractivity contribution in [2.24, 2.45) is 5.92 Å². The van der Waals surface area contributed by atoms with Crippen LogP contribution >= 0.6 is 0 Å². The zero-order valence-electron chi connectivity index (χ0n) is 14.3. The van der Waals surface area contributed by atoms with Gasteiger partial charge in [0.15, 0.2) is 11.5 Å². The van der Waals surface area contributed by atoms with Crippen LogP contribution in [0.15, 0.2) is 12.1 Å². The average molecular weight is 345 g/mol. The molecule has 134 valence electrons. The number of carbonyl (C=O) groups excluding carboxylic acids is 1. The first-order valence-electron chi connectivity index (χ1n) is 8.58. The summed E-state index contributed by atoms with van der Waals surface area (Å²) in [6.07, 6.45) is 1.76. The molecular weight excluding hydrogens is 322 g/mol. The van der Waals surface area contributed by atoms with Gasteiger partial charge in [-0.3, -0.25) is 4.79 Å². The second-order valence-corrected chi connectivity index (χ2v) is 6.25. The van der Waals surface area contributed by atoms with Gasteiger partial charge in [-0.2, -0.15) is 5.26 Å². The number of hydrogen-bond donors (Lipinski definition) is 2. The van der Waals surface area contributed by atoms with Crippen LogP contribution in [0.4, 0.5) is 0 Å². The number of methoxy groups -OCH3 is 1. The molecular formula is C18H23N3O4. The van der Waals surface area contributed by atoms with E-state index in [1.54, 1.807) is 19.2 Å². The predicted octanol–water partition coefficient (Wildman–Crippen LogP) is 1.07. The third-order valence-corrected chi connectivity index (χ3v) is 4.61. The maximum Gasteiger partial charge on any atom is 0.255 e. The van der Waals surface area contributed by atoms with Gasteiger partial charge in [0.1, 0.15) is 0 Å². The standard InChI is InChI=1S/C18H23N3O4/c1-23-16-11-20-4-3-13(16)10-21-18(22)14-7-12(9-19)8-15-17(14)25-6-2-5-24-15/h7-8,13,16,20H,2-6,10-11H2,1H3,(H,21,22)/t13?,16-/m1/s1. The number of benzene rings is 1. The fraction of sp³-hybridized carbons (Fsp3) is 0.556. The van der Waals surface area contributed by atoms with E-state index in [4.69, 9.17) is 14.2 Å². The number of amides is 1. The summed E-state index contributed by atoms with van der Waals surface area (Å²) in [6, 6.07) is 5.24. The Kier molecular flexibility index (Phi) is 5.74. The lowest BCUT2D eigenvalue weighted by Crippen LogP contribution is -2.46. The topological polar surface area (TPSA) is 92.6 Å². The molecule has 1 amide bonds. The van der Waals surface area contributed by atoms with Gasteiger partial charge >= 0.3 is 0 Å². The molecule has 2 N–H and O–H groups in total. The molecule has 7 nitrogen and oxygen atoms in total. The second-order valence-electron chi connectivity index (χ2n) is 6.25. The first kappa shape index (κ1) is 17.5. The van der Waals surface area contributed by atoms with Crippen LogP contribution in [-0.2, 0) is 4.74 Å². The first-order chi connectivity index (χ1) is 12.2. The highest BCUT2D eigenvalue weighted by molar-refractivity contribution is 5.98. The number of hydrogen-bond acceptors (Lipinski definition) is 6. The molecule has 0 aliphatic carbocycles. The van der Waals surface area contributed by atoms with E-state index in [9.17, 15) is 10.1 Å². The van der Waals surface area contributed by atoms with Crippen LogP contribution < -0.4 is 20.1 Å². The lowest BCUT2D eigenvalue weighted by atomic mass is 9.94. The molecule has 1 unspecified atom stereocenters. The molecule has 0 bridgehead atoms. The molecule has 3 rings (SSSR count). The zero-order valence-corrected chi connectivity index (χ0v) is 14.3. The summed E-state index contributed by atoms with van der Waals surface area (Å²) in [6.45, 7) is 3.21. The van der Waals surface area contributed by atoms with Crippen LogP contribution in [0.2, 0.25) is 0 Å². The van der Waals surface area contributed by atoms with Crippen LogP contribution in [0.5, 0.6) is 11.5 Å². The van der Waals surface area contributed by atoms with Crippen LogP contribution in [0.3, 0.4) is 0 Å². The number of nitriles is 1. The molecule has 0 radical (unpaired) electrons. The molecule has 7 heteroatoms. The molecule has 1 fully saturated rings. The van der Waals surface area contributed by atoms with Crippen molar-refractivity contribution in [3.63, 3.8) is 0 Å². The minimum atomic E-state index is -0.257. The number of rotatable bonds is 4. The van der Waals surface area contributed by atoms with Gasteiger partial charge in [0.25, 0.3) is 5.91 Å². The minimum Gasteiger partial charge on any atom is -0.489 e. The summed E-state index contributed by atoms with van der Waals surface area (Å²) in [5.41, 5.74) is 0.727. The van der Waals surface area contributed by atoms with Gasteiger partial charge in [0.2, 0.25) is 0 Å². The molecule has 1 saturated heterocycles. The highest BCUT2D eigenvalue weighted by Crippen LogP contribution is 2.34. The summed E-state index contributed by atoms with van der Waals surface area (Å²) in [5.74, 6) is 0.873. The molecule has 0 saturated carbocycles. The van der Waals surface area contributed by atoms with E-state index >= 15 is 0 Å². The van der Waals surface area contributed by atoms with Gasteiger partial charge in [0.05, 0.1) is 36.5 Å². The smallest absolute Gasteiger partial charge is 0.255 e. The van der Waals surface area contributed by atoms with Crippen LogP contribution in [0.25, 0.3) is 0 Å². The van der Waals surface area contributed by atoms with E-state index in [2.05, 4.69) is 16.7 Å². The Bertz CT molecular complexity index is 671. The third-order valence-electron chi connectivity index (χ3n) is 4.61. The quantitative estimate of drug-likeness (QED) is 0.848. The van der Waals surface area contributed by atoms with E-state index in [0.29, 0.717) is 42.4 Å². The Balaban J connectivity index is 1.76. The van der Waals surface area contributed by atoms with Crippen molar-refractivity contribution < 1.29 is 19.0 Å². The minimum absolute atomic E-state index is 0.0798. The molecule has 2 heterocycles. The van der Waals surface area contributed by atoms with Gasteiger partial charge in [-0.05, 0) is 19.0 Å². The average Bonchev–Trinajstić information content (AvgIpc) is 2.90. The van der Waals surface area contributed by atoms with E-state index < -0.39 is 0 Å². The Morgan fingerprint density at radius 2 is 2.28 bits per heavy atom. The molecule has 0 aromatic heterocycles. The Hall–Kier alpha value is -2.30. The normalized spacial score (nSPS) is 22.6. The summed E-state index contributed by atoms with van der Waals surface area (Å²) >= 11 is 0. The van der Waals surface area contributed by atoms with E-state index in [0.717, 1.165) is 25.9 Å². The van der Waals surface area contributed by atoms with Crippen molar-refractivity contribution in [3.8, 4) is 17.6 Å². The maximum atomic E-state index is 12.7. The van der Waals surface area contributed by atoms with Crippen molar-refractivity contribution in [1.82, 2.24) is 10.6 Å². The van der Waals surface area contributed by atoms with Gasteiger partial charge in [0, 0.05) is 38.6 Å². The molecule has 2 atom stereocenters. The van der Waals surface area contributed by atoms with Crippen LogP contribution in [0.1, 0.15) is 28.8 Å². The lowest BCUT2D eigenvalue weighted by Gasteiger charge is -2.31. The molecule has 2 aliphatic heterocycles. The highest BCUT2D eigenvalue weighted by Gasteiger charge is 2.27. The van der Waals surface area contributed by atoms with E-state index in [1.807, 2.05) is 0 Å². The Morgan fingerprint density at radius 3 is 3.08 bits per heavy atom. The molecule has 1 aromatic rings. The number of carbonyl (C=O) groups is 1. The summed E-state index contributed by atoms with van der Waals surface area (Å²) in [7, 11) is 1.69. The van der Waals surface area contributed by atoms with Crippen molar-refractivity contribution in [2.75, 3.05) is 40.0 Å². The first-order valence-corrected chi connectivity index (χ1v) is 8.58. The van der Waals surface area contributed by atoms with E-state index in [1.165, 1.54) is 0 Å². The van der Waals surface area contributed by atoms with Gasteiger partial charge in [-0.25, -0.2) is 0 Å².